The molecule has 5 nitrogen and oxygen atoms in total. The van der Waals surface area contributed by atoms with E-state index in [1.807, 2.05) is 0 Å². The molecule has 1 aromatic carbocycles. The smallest absolute Gasteiger partial charge is 0.242 e. The van der Waals surface area contributed by atoms with Gasteiger partial charge in [-0.3, -0.25) is 4.79 Å². The van der Waals surface area contributed by atoms with Crippen LogP contribution in [0.2, 0.25) is 0 Å². The second-order valence-electron chi connectivity index (χ2n) is 5.49. The number of rotatable bonds is 4. The molecule has 0 aliphatic rings. The zero-order valence-electron chi connectivity index (χ0n) is 11.9. The van der Waals surface area contributed by atoms with E-state index in [1.54, 1.807) is 27.7 Å². The lowest BCUT2D eigenvalue weighted by Gasteiger charge is -2.20. The Balaban J connectivity index is 2.89. The molecular weight excluding hydrogens is 300 g/mol. The average Bonchev–Trinajstić information content (AvgIpc) is 2.26. The third-order valence-electron chi connectivity index (χ3n) is 2.23. The fourth-order valence-corrected chi connectivity index (χ4v) is 2.89. The third kappa shape index (κ3) is 5.11. The first kappa shape index (κ1) is 16.9. The van der Waals surface area contributed by atoms with Gasteiger partial charge in [-0.05, 0) is 52.0 Å². The van der Waals surface area contributed by atoms with Gasteiger partial charge >= 0.3 is 0 Å². The highest BCUT2D eigenvalue weighted by atomic mass is 35.5. The van der Waals surface area contributed by atoms with Crippen LogP contribution in [0, 0.1) is 0 Å². The number of carbonyl (C=O) groups excluding carboxylic acids is 1. The molecule has 20 heavy (non-hydrogen) atoms. The minimum absolute atomic E-state index is 0.143. The summed E-state index contributed by atoms with van der Waals surface area (Å²) in [7, 11) is -3.57. The first-order valence-electron chi connectivity index (χ1n) is 6.10. The summed E-state index contributed by atoms with van der Waals surface area (Å²) in [6.45, 7) is 6.85. The Hall–Kier alpha value is -1.11. The molecular formula is C13H19ClN2O3S. The van der Waals surface area contributed by atoms with E-state index in [2.05, 4.69) is 10.0 Å². The van der Waals surface area contributed by atoms with Crippen molar-refractivity contribution in [2.24, 2.45) is 0 Å². The predicted octanol–water partition coefficient (Wildman–Crippen LogP) is 2.33. The fourth-order valence-electron chi connectivity index (χ4n) is 1.42. The van der Waals surface area contributed by atoms with Gasteiger partial charge in [0.2, 0.25) is 15.9 Å². The zero-order valence-corrected chi connectivity index (χ0v) is 13.5. The fraction of sp³-hybridized carbons (Fsp3) is 0.462. The van der Waals surface area contributed by atoms with Crippen LogP contribution >= 0.6 is 11.6 Å². The van der Waals surface area contributed by atoms with Crippen molar-refractivity contribution in [2.75, 3.05) is 5.32 Å². The summed E-state index contributed by atoms with van der Waals surface area (Å²) < 4.78 is 26.7. The first-order chi connectivity index (χ1) is 9.01. The van der Waals surface area contributed by atoms with Gasteiger partial charge in [-0.2, -0.15) is 0 Å². The van der Waals surface area contributed by atoms with Crippen LogP contribution in [0.4, 0.5) is 5.69 Å². The molecule has 1 atom stereocenters. The summed E-state index contributed by atoms with van der Waals surface area (Å²) in [6.07, 6.45) is 0. The monoisotopic (exact) mass is 318 g/mol. The highest BCUT2D eigenvalue weighted by Crippen LogP contribution is 2.16. The predicted molar refractivity (Wildman–Crippen MR) is 80.5 cm³/mol. The van der Waals surface area contributed by atoms with Crippen LogP contribution in [-0.2, 0) is 14.8 Å². The van der Waals surface area contributed by atoms with Crippen LogP contribution in [0.15, 0.2) is 29.2 Å². The Morgan fingerprint density at radius 2 is 1.70 bits per heavy atom. The number of benzene rings is 1. The molecule has 0 spiro atoms. The number of amides is 1. The minimum atomic E-state index is -3.57. The van der Waals surface area contributed by atoms with Gasteiger partial charge in [-0.25, -0.2) is 13.1 Å². The van der Waals surface area contributed by atoms with Crippen molar-refractivity contribution >= 4 is 33.2 Å². The first-order valence-corrected chi connectivity index (χ1v) is 8.02. The number of halogens is 1. The summed E-state index contributed by atoms with van der Waals surface area (Å²) >= 11 is 5.64. The number of nitrogens with one attached hydrogen (secondary N) is 2. The molecule has 0 aromatic heterocycles. The molecule has 1 rings (SSSR count). The van der Waals surface area contributed by atoms with E-state index in [0.717, 1.165) is 0 Å². The van der Waals surface area contributed by atoms with Crippen LogP contribution in [0.1, 0.15) is 27.7 Å². The van der Waals surface area contributed by atoms with Gasteiger partial charge in [-0.1, -0.05) is 0 Å². The van der Waals surface area contributed by atoms with Crippen molar-refractivity contribution < 1.29 is 13.2 Å². The van der Waals surface area contributed by atoms with Gasteiger partial charge in [-0.15, -0.1) is 11.6 Å². The van der Waals surface area contributed by atoms with Gasteiger partial charge in [0.25, 0.3) is 0 Å². The van der Waals surface area contributed by atoms with E-state index in [9.17, 15) is 13.2 Å². The summed E-state index contributed by atoms with van der Waals surface area (Å²) in [4.78, 5) is 11.6. The molecule has 1 aromatic rings. The highest BCUT2D eigenvalue weighted by Gasteiger charge is 2.21. The summed E-state index contributed by atoms with van der Waals surface area (Å²) in [5.41, 5.74) is -0.0584. The number of hydrogen-bond acceptors (Lipinski definition) is 3. The summed E-state index contributed by atoms with van der Waals surface area (Å²) in [5.74, 6) is -0.338. The number of alkyl halides is 1. The minimum Gasteiger partial charge on any atom is -0.325 e. The van der Waals surface area contributed by atoms with Crippen molar-refractivity contribution in [3.63, 3.8) is 0 Å². The van der Waals surface area contributed by atoms with Crippen molar-refractivity contribution in [2.45, 2.75) is 43.5 Å². The molecule has 0 bridgehead atoms. The van der Waals surface area contributed by atoms with Crippen LogP contribution in [0.5, 0.6) is 0 Å². The van der Waals surface area contributed by atoms with Crippen molar-refractivity contribution in [3.8, 4) is 0 Å². The molecule has 1 amide bonds. The molecule has 0 saturated heterocycles. The molecule has 0 aliphatic carbocycles. The molecule has 0 aliphatic heterocycles. The van der Waals surface area contributed by atoms with Gasteiger partial charge in [0, 0.05) is 11.2 Å². The molecule has 2 N–H and O–H groups in total. The van der Waals surface area contributed by atoms with E-state index < -0.39 is 20.9 Å². The molecule has 0 radical (unpaired) electrons. The molecule has 0 fully saturated rings. The van der Waals surface area contributed by atoms with Gasteiger partial charge < -0.3 is 5.32 Å². The van der Waals surface area contributed by atoms with Crippen molar-refractivity contribution in [1.29, 1.82) is 0 Å². The quantitative estimate of drug-likeness (QED) is 0.837. The molecule has 112 valence electrons. The molecule has 0 unspecified atom stereocenters. The van der Waals surface area contributed by atoms with Crippen LogP contribution in [-0.4, -0.2) is 25.2 Å². The summed E-state index contributed by atoms with van der Waals surface area (Å²) in [6, 6.07) is 5.91. The van der Waals surface area contributed by atoms with E-state index in [4.69, 9.17) is 11.6 Å². The maximum atomic E-state index is 12.1. The number of anilines is 1. The maximum Gasteiger partial charge on any atom is 0.242 e. The SMILES string of the molecule is C[C@H](Cl)C(=O)Nc1ccc(S(=O)(=O)NC(C)(C)C)cc1. The second kappa shape index (κ2) is 6.11. The van der Waals surface area contributed by atoms with Gasteiger partial charge in [0.05, 0.1) is 4.90 Å². The van der Waals surface area contributed by atoms with E-state index in [1.165, 1.54) is 24.3 Å². The lowest BCUT2D eigenvalue weighted by molar-refractivity contribution is -0.115. The Labute approximate surface area is 124 Å². The Morgan fingerprint density at radius 1 is 1.20 bits per heavy atom. The lowest BCUT2D eigenvalue weighted by atomic mass is 10.1. The highest BCUT2D eigenvalue weighted by molar-refractivity contribution is 7.89. The summed E-state index contributed by atoms with van der Waals surface area (Å²) in [5, 5.41) is 1.93. The average molecular weight is 319 g/mol. The Bertz CT molecular complexity index is 575. The van der Waals surface area contributed by atoms with Crippen LogP contribution < -0.4 is 10.0 Å². The van der Waals surface area contributed by atoms with E-state index in [0.29, 0.717) is 5.69 Å². The number of sulfonamides is 1. The zero-order chi connectivity index (χ0) is 15.6. The second-order valence-corrected chi connectivity index (χ2v) is 7.82. The normalized spacial score (nSPS) is 13.8. The lowest BCUT2D eigenvalue weighted by Crippen LogP contribution is -2.40. The van der Waals surface area contributed by atoms with E-state index >= 15 is 0 Å². The maximum absolute atomic E-state index is 12.1. The number of carbonyl (C=O) groups is 1. The molecule has 0 heterocycles. The standard InChI is InChI=1S/C13H19ClN2O3S/c1-9(14)12(17)15-10-5-7-11(8-6-10)20(18,19)16-13(2,3)4/h5-9,16H,1-4H3,(H,15,17)/t9-/m0/s1. The van der Waals surface area contributed by atoms with Crippen LogP contribution in [0.25, 0.3) is 0 Å². The van der Waals surface area contributed by atoms with Crippen molar-refractivity contribution in [3.05, 3.63) is 24.3 Å². The number of hydrogen-bond donors (Lipinski definition) is 2. The van der Waals surface area contributed by atoms with Crippen molar-refractivity contribution in [1.82, 2.24) is 4.72 Å². The van der Waals surface area contributed by atoms with Crippen LogP contribution in [0.3, 0.4) is 0 Å². The van der Waals surface area contributed by atoms with Gasteiger partial charge in [0.15, 0.2) is 0 Å². The Kier molecular flexibility index (Phi) is 5.18. The Morgan fingerprint density at radius 3 is 2.10 bits per heavy atom. The third-order valence-corrected chi connectivity index (χ3v) is 4.21. The van der Waals surface area contributed by atoms with Gasteiger partial charge in [0.1, 0.15) is 5.38 Å². The molecule has 7 heteroatoms. The molecule has 0 saturated carbocycles. The topological polar surface area (TPSA) is 75.3 Å². The van der Waals surface area contributed by atoms with E-state index in [-0.39, 0.29) is 10.8 Å². The largest absolute Gasteiger partial charge is 0.325 e.